The summed E-state index contributed by atoms with van der Waals surface area (Å²) in [7, 11) is 1.28. The molecule has 1 amide bonds. The number of benzene rings is 1. The Kier molecular flexibility index (Phi) is 4.22. The molecule has 8 heteroatoms. The lowest BCUT2D eigenvalue weighted by Crippen LogP contribution is -2.40. The highest BCUT2D eigenvalue weighted by molar-refractivity contribution is 5.99. The van der Waals surface area contributed by atoms with Crippen molar-refractivity contribution in [3.05, 3.63) is 44.2 Å². The van der Waals surface area contributed by atoms with E-state index in [0.717, 1.165) is 0 Å². The van der Waals surface area contributed by atoms with E-state index in [-0.39, 0.29) is 34.3 Å². The van der Waals surface area contributed by atoms with Crippen molar-refractivity contribution in [2.24, 2.45) is 0 Å². The first-order valence-corrected chi connectivity index (χ1v) is 7.38. The number of para-hydroxylation sites is 1. The Morgan fingerprint density at radius 1 is 1.25 bits per heavy atom. The van der Waals surface area contributed by atoms with Gasteiger partial charge in [0.25, 0.3) is 16.8 Å². The van der Waals surface area contributed by atoms with E-state index in [2.05, 4.69) is 5.32 Å². The van der Waals surface area contributed by atoms with Crippen molar-refractivity contribution in [2.45, 2.75) is 0 Å². The lowest BCUT2D eigenvalue weighted by molar-refractivity contribution is 0.0301. The number of nitrogens with one attached hydrogen (secondary N) is 1. The fourth-order valence-corrected chi connectivity index (χ4v) is 2.57. The Balaban J connectivity index is 1.88. The van der Waals surface area contributed by atoms with Crippen LogP contribution in [0.5, 0.6) is 11.5 Å². The van der Waals surface area contributed by atoms with Crippen LogP contribution in [0.2, 0.25) is 0 Å². The largest absolute Gasteiger partial charge is 0.505 e. The summed E-state index contributed by atoms with van der Waals surface area (Å²) in [6, 6.07) is 4.58. The Hall–Kier alpha value is -2.87. The molecular weight excluding hydrogens is 316 g/mol. The molecule has 0 aromatic heterocycles. The number of amides is 1. The van der Waals surface area contributed by atoms with Gasteiger partial charge in [-0.15, -0.1) is 0 Å². The Morgan fingerprint density at radius 2 is 1.96 bits per heavy atom. The maximum atomic E-state index is 12.5. The standard InChI is InChI=1S/C16H16N2O6/c1-23-15-11(13(20)14(15)21)17-10-4-2-3-9(12(10)19)16(22)18-5-7-24-8-6-18/h2-4,17,19H,5-8H2,1H3. The Labute approximate surface area is 136 Å². The summed E-state index contributed by atoms with van der Waals surface area (Å²) < 4.78 is 10.0. The first-order valence-electron chi connectivity index (χ1n) is 7.38. The van der Waals surface area contributed by atoms with Crippen LogP contribution < -0.4 is 20.9 Å². The first kappa shape index (κ1) is 16.0. The molecule has 0 aliphatic carbocycles. The monoisotopic (exact) mass is 332 g/mol. The van der Waals surface area contributed by atoms with Gasteiger partial charge in [-0.25, -0.2) is 0 Å². The first-order chi connectivity index (χ1) is 11.5. The molecule has 1 aliphatic heterocycles. The Morgan fingerprint density at radius 3 is 2.62 bits per heavy atom. The molecule has 0 radical (unpaired) electrons. The number of nitrogens with zero attached hydrogens (tertiary/aromatic N) is 1. The molecule has 1 fully saturated rings. The molecule has 0 bridgehead atoms. The maximum Gasteiger partial charge on any atom is 0.272 e. The predicted octanol–water partition coefficient (Wildman–Crippen LogP) is 0.213. The summed E-state index contributed by atoms with van der Waals surface area (Å²) in [6.07, 6.45) is 0. The van der Waals surface area contributed by atoms with Crippen LogP contribution in [0.15, 0.2) is 27.8 Å². The minimum Gasteiger partial charge on any atom is -0.505 e. The van der Waals surface area contributed by atoms with E-state index in [9.17, 15) is 19.5 Å². The molecule has 2 N–H and O–H groups in total. The molecule has 3 rings (SSSR count). The van der Waals surface area contributed by atoms with Gasteiger partial charge < -0.3 is 24.8 Å². The van der Waals surface area contributed by atoms with Crippen LogP contribution >= 0.6 is 0 Å². The molecule has 1 aliphatic rings. The van der Waals surface area contributed by atoms with E-state index in [1.54, 1.807) is 11.0 Å². The highest BCUT2D eigenvalue weighted by Gasteiger charge is 2.25. The zero-order chi connectivity index (χ0) is 17.3. The molecule has 8 nitrogen and oxygen atoms in total. The van der Waals surface area contributed by atoms with Crippen LogP contribution in [-0.2, 0) is 4.74 Å². The second-order valence-corrected chi connectivity index (χ2v) is 5.30. The molecule has 126 valence electrons. The average Bonchev–Trinajstić information content (AvgIpc) is 2.62. The van der Waals surface area contributed by atoms with Crippen molar-refractivity contribution in [3.8, 4) is 11.5 Å². The van der Waals surface area contributed by atoms with Crippen molar-refractivity contribution in [1.82, 2.24) is 4.90 Å². The fraction of sp³-hybridized carbons (Fsp3) is 0.312. The molecule has 2 aromatic rings. The zero-order valence-corrected chi connectivity index (χ0v) is 13.0. The van der Waals surface area contributed by atoms with Gasteiger partial charge in [0.15, 0.2) is 11.5 Å². The minimum atomic E-state index is -0.726. The van der Waals surface area contributed by atoms with E-state index >= 15 is 0 Å². The highest BCUT2D eigenvalue weighted by Crippen LogP contribution is 2.32. The van der Waals surface area contributed by atoms with Crippen molar-refractivity contribution in [1.29, 1.82) is 0 Å². The summed E-state index contributed by atoms with van der Waals surface area (Å²) in [5.74, 6) is -0.704. The third-order valence-corrected chi connectivity index (χ3v) is 3.90. The molecule has 24 heavy (non-hydrogen) atoms. The van der Waals surface area contributed by atoms with E-state index in [1.807, 2.05) is 0 Å². The second kappa shape index (κ2) is 6.32. The number of carbonyl (C=O) groups excluding carboxylic acids is 1. The number of rotatable bonds is 4. The van der Waals surface area contributed by atoms with E-state index in [1.165, 1.54) is 19.2 Å². The van der Waals surface area contributed by atoms with Crippen LogP contribution in [-0.4, -0.2) is 49.3 Å². The van der Waals surface area contributed by atoms with Gasteiger partial charge in [0.05, 0.1) is 31.6 Å². The van der Waals surface area contributed by atoms with Gasteiger partial charge in [-0.05, 0) is 12.1 Å². The summed E-state index contributed by atoms with van der Waals surface area (Å²) >= 11 is 0. The third kappa shape index (κ3) is 2.61. The van der Waals surface area contributed by atoms with Crippen LogP contribution in [0.25, 0.3) is 0 Å². The van der Waals surface area contributed by atoms with Crippen LogP contribution in [0.4, 0.5) is 11.4 Å². The fourth-order valence-electron chi connectivity index (χ4n) is 2.57. The van der Waals surface area contributed by atoms with Gasteiger partial charge in [0.1, 0.15) is 5.69 Å². The maximum absolute atomic E-state index is 12.5. The highest BCUT2D eigenvalue weighted by atomic mass is 16.5. The number of hydrogen-bond donors (Lipinski definition) is 2. The summed E-state index contributed by atoms with van der Waals surface area (Å²) in [5, 5.41) is 13.0. The predicted molar refractivity (Wildman–Crippen MR) is 86.0 cm³/mol. The van der Waals surface area contributed by atoms with Gasteiger partial charge in [-0.3, -0.25) is 14.4 Å². The Bertz CT molecular complexity index is 847. The van der Waals surface area contributed by atoms with E-state index in [4.69, 9.17) is 9.47 Å². The average molecular weight is 332 g/mol. The minimum absolute atomic E-state index is 0.0335. The van der Waals surface area contributed by atoms with Crippen LogP contribution in [0.1, 0.15) is 10.4 Å². The molecule has 0 spiro atoms. The van der Waals surface area contributed by atoms with Crippen molar-refractivity contribution in [2.75, 3.05) is 38.7 Å². The number of methoxy groups -OCH3 is 1. The molecule has 0 unspecified atom stereocenters. The zero-order valence-electron chi connectivity index (χ0n) is 13.0. The molecule has 1 saturated heterocycles. The van der Waals surface area contributed by atoms with Gasteiger partial charge in [-0.2, -0.15) is 0 Å². The normalized spacial score (nSPS) is 14.6. The van der Waals surface area contributed by atoms with Crippen molar-refractivity contribution >= 4 is 17.3 Å². The van der Waals surface area contributed by atoms with Gasteiger partial charge in [-0.1, -0.05) is 6.07 Å². The van der Waals surface area contributed by atoms with E-state index in [0.29, 0.717) is 26.3 Å². The summed E-state index contributed by atoms with van der Waals surface area (Å²) in [6.45, 7) is 1.79. The molecule has 2 aromatic carbocycles. The summed E-state index contributed by atoms with van der Waals surface area (Å²) in [5.41, 5.74) is -1.22. The number of ether oxygens (including phenoxy) is 2. The van der Waals surface area contributed by atoms with Gasteiger partial charge in [0, 0.05) is 13.1 Å². The number of aromatic hydroxyl groups is 1. The molecular formula is C16H16N2O6. The SMILES string of the molecule is COc1c(Nc2cccc(C(=O)N3CCOCC3)c2O)c(=O)c1=O. The molecule has 0 saturated carbocycles. The van der Waals surface area contributed by atoms with Gasteiger partial charge >= 0.3 is 0 Å². The topological polar surface area (TPSA) is 105 Å². The van der Waals surface area contributed by atoms with Crippen molar-refractivity contribution in [3.63, 3.8) is 0 Å². The van der Waals surface area contributed by atoms with Crippen LogP contribution in [0, 0.1) is 0 Å². The van der Waals surface area contributed by atoms with Gasteiger partial charge in [0.2, 0.25) is 0 Å². The second-order valence-electron chi connectivity index (χ2n) is 5.30. The lowest BCUT2D eigenvalue weighted by Gasteiger charge is -2.27. The number of carbonyl (C=O) groups is 1. The van der Waals surface area contributed by atoms with E-state index < -0.39 is 10.9 Å². The quantitative estimate of drug-likeness (QED) is 0.609. The van der Waals surface area contributed by atoms with Crippen LogP contribution in [0.3, 0.4) is 0 Å². The number of morpholine rings is 1. The molecule has 1 heterocycles. The number of anilines is 2. The number of phenols is 1. The lowest BCUT2D eigenvalue weighted by atomic mass is 10.1. The third-order valence-electron chi connectivity index (χ3n) is 3.90. The smallest absolute Gasteiger partial charge is 0.272 e. The number of phenolic OH excluding ortho intramolecular Hbond substituents is 1. The summed E-state index contributed by atoms with van der Waals surface area (Å²) in [4.78, 5) is 37.0. The molecule has 0 atom stereocenters. The van der Waals surface area contributed by atoms with Crippen molar-refractivity contribution < 1.29 is 19.4 Å². The number of hydrogen-bond acceptors (Lipinski definition) is 7.